The molecule has 1 aliphatic rings. The fraction of sp³-hybridized carbons (Fsp3) is 0.500. The van der Waals surface area contributed by atoms with Gasteiger partial charge in [-0.25, -0.2) is 9.97 Å². The van der Waals surface area contributed by atoms with Crippen molar-refractivity contribution in [2.24, 2.45) is 0 Å². The molecular weight excluding hydrogens is 230 g/mol. The lowest BCUT2D eigenvalue weighted by molar-refractivity contribution is -0.133. The van der Waals surface area contributed by atoms with Gasteiger partial charge in [0.25, 0.3) is 5.91 Å². The van der Waals surface area contributed by atoms with Crippen molar-refractivity contribution in [2.45, 2.75) is 25.4 Å². The summed E-state index contributed by atoms with van der Waals surface area (Å²) >= 11 is 5.59. The summed E-state index contributed by atoms with van der Waals surface area (Å²) in [5, 5.41) is 2.95. The van der Waals surface area contributed by atoms with Gasteiger partial charge in [-0.2, -0.15) is 0 Å². The largest absolute Gasteiger partial charge is 0.365 e. The summed E-state index contributed by atoms with van der Waals surface area (Å²) in [6.45, 7) is 2.40. The highest BCUT2D eigenvalue weighted by Gasteiger charge is 2.37. The van der Waals surface area contributed by atoms with E-state index in [1.165, 1.54) is 12.4 Å². The first kappa shape index (κ1) is 11.3. The average Bonchev–Trinajstić information content (AvgIpc) is 2.70. The van der Waals surface area contributed by atoms with E-state index < -0.39 is 5.60 Å². The summed E-state index contributed by atoms with van der Waals surface area (Å²) < 4.78 is 5.41. The van der Waals surface area contributed by atoms with E-state index in [9.17, 15) is 4.79 Å². The van der Waals surface area contributed by atoms with Gasteiger partial charge in [-0.1, -0.05) is 11.6 Å². The molecule has 1 fully saturated rings. The number of nitrogens with zero attached hydrogens (tertiary/aromatic N) is 2. The number of hydrogen-bond donors (Lipinski definition) is 1. The second-order valence-electron chi connectivity index (χ2n) is 3.86. The molecule has 1 atom stereocenters. The minimum absolute atomic E-state index is 0.193. The van der Waals surface area contributed by atoms with Gasteiger partial charge in [-0.3, -0.25) is 4.79 Å². The molecule has 1 aliphatic heterocycles. The highest BCUT2D eigenvalue weighted by molar-refractivity contribution is 6.29. The second kappa shape index (κ2) is 4.35. The Hall–Kier alpha value is -1.20. The molecule has 1 amide bonds. The molecule has 2 heterocycles. The van der Waals surface area contributed by atoms with Gasteiger partial charge in [-0.15, -0.1) is 0 Å². The average molecular weight is 242 g/mol. The molecule has 1 N–H and O–H groups in total. The number of aromatic nitrogens is 2. The van der Waals surface area contributed by atoms with Crippen LogP contribution in [-0.4, -0.2) is 28.1 Å². The van der Waals surface area contributed by atoms with Gasteiger partial charge in [-0.05, 0) is 19.8 Å². The SMILES string of the molecule is CC1(C(=O)Nc2cnc(Cl)cn2)CCCO1. The summed E-state index contributed by atoms with van der Waals surface area (Å²) in [4.78, 5) is 19.7. The normalized spacial score (nSPS) is 24.4. The number of amides is 1. The fourth-order valence-corrected chi connectivity index (χ4v) is 1.68. The molecule has 0 spiro atoms. The van der Waals surface area contributed by atoms with E-state index in [0.717, 1.165) is 12.8 Å². The van der Waals surface area contributed by atoms with Crippen LogP contribution in [0, 0.1) is 0 Å². The number of carbonyl (C=O) groups is 1. The Morgan fingerprint density at radius 2 is 2.38 bits per heavy atom. The Bertz CT molecular complexity index is 388. The lowest BCUT2D eigenvalue weighted by atomic mass is 10.0. The molecule has 1 unspecified atom stereocenters. The highest BCUT2D eigenvalue weighted by Crippen LogP contribution is 2.26. The van der Waals surface area contributed by atoms with E-state index >= 15 is 0 Å². The molecule has 86 valence electrons. The van der Waals surface area contributed by atoms with Gasteiger partial charge in [0, 0.05) is 6.61 Å². The zero-order valence-electron chi connectivity index (χ0n) is 8.86. The topological polar surface area (TPSA) is 64.1 Å². The first-order valence-electron chi connectivity index (χ1n) is 5.03. The highest BCUT2D eigenvalue weighted by atomic mass is 35.5. The number of anilines is 1. The van der Waals surface area contributed by atoms with Crippen LogP contribution in [0.1, 0.15) is 19.8 Å². The third-order valence-corrected chi connectivity index (χ3v) is 2.76. The number of halogens is 1. The molecule has 0 aromatic carbocycles. The van der Waals surface area contributed by atoms with Crippen LogP contribution in [0.25, 0.3) is 0 Å². The molecule has 6 heteroatoms. The molecule has 0 saturated carbocycles. The molecule has 2 rings (SSSR count). The minimum Gasteiger partial charge on any atom is -0.365 e. The molecule has 16 heavy (non-hydrogen) atoms. The number of hydrogen-bond acceptors (Lipinski definition) is 4. The summed E-state index contributed by atoms with van der Waals surface area (Å²) in [5.74, 6) is 0.188. The Morgan fingerprint density at radius 1 is 1.56 bits per heavy atom. The summed E-state index contributed by atoms with van der Waals surface area (Å²) in [7, 11) is 0. The summed E-state index contributed by atoms with van der Waals surface area (Å²) in [6.07, 6.45) is 4.42. The maximum Gasteiger partial charge on any atom is 0.257 e. The van der Waals surface area contributed by atoms with Gasteiger partial charge in [0.2, 0.25) is 0 Å². The van der Waals surface area contributed by atoms with Gasteiger partial charge in [0.1, 0.15) is 10.8 Å². The quantitative estimate of drug-likeness (QED) is 0.855. The molecule has 1 aromatic rings. The molecular formula is C10H12ClN3O2. The number of ether oxygens (including phenoxy) is 1. The zero-order chi connectivity index (χ0) is 11.6. The van der Waals surface area contributed by atoms with Crippen LogP contribution >= 0.6 is 11.6 Å². The number of nitrogens with one attached hydrogen (secondary N) is 1. The maximum atomic E-state index is 11.9. The van der Waals surface area contributed by atoms with Crippen LogP contribution in [0.15, 0.2) is 12.4 Å². The van der Waals surface area contributed by atoms with Gasteiger partial charge >= 0.3 is 0 Å². The minimum atomic E-state index is -0.749. The molecule has 0 aliphatic carbocycles. The van der Waals surface area contributed by atoms with E-state index in [1.54, 1.807) is 6.92 Å². The van der Waals surface area contributed by atoms with E-state index in [4.69, 9.17) is 16.3 Å². The van der Waals surface area contributed by atoms with Crippen molar-refractivity contribution >= 4 is 23.3 Å². The van der Waals surface area contributed by atoms with E-state index in [0.29, 0.717) is 17.6 Å². The summed E-state index contributed by atoms with van der Waals surface area (Å²) in [5.41, 5.74) is -0.749. The lowest BCUT2D eigenvalue weighted by Crippen LogP contribution is -2.39. The second-order valence-corrected chi connectivity index (χ2v) is 4.25. The third-order valence-electron chi connectivity index (χ3n) is 2.56. The molecule has 0 radical (unpaired) electrons. The van der Waals surface area contributed by atoms with Gasteiger partial charge in [0.05, 0.1) is 12.4 Å². The van der Waals surface area contributed by atoms with Crippen molar-refractivity contribution in [2.75, 3.05) is 11.9 Å². The van der Waals surface area contributed by atoms with Crippen molar-refractivity contribution in [3.8, 4) is 0 Å². The van der Waals surface area contributed by atoms with Crippen LogP contribution in [0.5, 0.6) is 0 Å². The van der Waals surface area contributed by atoms with Crippen molar-refractivity contribution in [3.63, 3.8) is 0 Å². The van der Waals surface area contributed by atoms with Crippen molar-refractivity contribution < 1.29 is 9.53 Å². The molecule has 0 bridgehead atoms. The molecule has 1 saturated heterocycles. The van der Waals surface area contributed by atoms with Crippen molar-refractivity contribution in [1.29, 1.82) is 0 Å². The monoisotopic (exact) mass is 241 g/mol. The number of rotatable bonds is 2. The van der Waals surface area contributed by atoms with Crippen LogP contribution in [-0.2, 0) is 9.53 Å². The van der Waals surface area contributed by atoms with Crippen LogP contribution < -0.4 is 5.32 Å². The Kier molecular flexibility index (Phi) is 3.07. The Balaban J connectivity index is 2.04. The lowest BCUT2D eigenvalue weighted by Gasteiger charge is -2.21. The molecule has 5 nitrogen and oxygen atoms in total. The smallest absolute Gasteiger partial charge is 0.257 e. The predicted molar refractivity (Wildman–Crippen MR) is 59.3 cm³/mol. The van der Waals surface area contributed by atoms with E-state index in [2.05, 4.69) is 15.3 Å². The van der Waals surface area contributed by atoms with E-state index in [-0.39, 0.29) is 5.91 Å². The van der Waals surface area contributed by atoms with Crippen LogP contribution in [0.4, 0.5) is 5.82 Å². The summed E-state index contributed by atoms with van der Waals surface area (Å²) in [6, 6.07) is 0. The Labute approximate surface area is 98.2 Å². The first-order chi connectivity index (χ1) is 7.60. The molecule has 1 aromatic heterocycles. The van der Waals surface area contributed by atoms with Gasteiger partial charge < -0.3 is 10.1 Å². The standard InChI is InChI=1S/C10H12ClN3O2/c1-10(3-2-4-16-10)9(15)14-8-6-12-7(11)5-13-8/h5-6H,2-4H2,1H3,(H,13,14,15). The van der Waals surface area contributed by atoms with Crippen LogP contribution in [0.3, 0.4) is 0 Å². The fourth-order valence-electron chi connectivity index (χ4n) is 1.58. The van der Waals surface area contributed by atoms with Crippen molar-refractivity contribution in [1.82, 2.24) is 9.97 Å². The predicted octanol–water partition coefficient (Wildman–Crippen LogP) is 1.64. The van der Waals surface area contributed by atoms with Crippen molar-refractivity contribution in [3.05, 3.63) is 17.5 Å². The van der Waals surface area contributed by atoms with E-state index in [1.807, 2.05) is 0 Å². The first-order valence-corrected chi connectivity index (χ1v) is 5.41. The zero-order valence-corrected chi connectivity index (χ0v) is 9.62. The maximum absolute atomic E-state index is 11.9. The Morgan fingerprint density at radius 3 is 2.94 bits per heavy atom. The van der Waals surface area contributed by atoms with Gasteiger partial charge in [0.15, 0.2) is 5.82 Å². The number of carbonyl (C=O) groups excluding carboxylic acids is 1. The van der Waals surface area contributed by atoms with Crippen LogP contribution in [0.2, 0.25) is 5.15 Å². The third kappa shape index (κ3) is 2.31.